The molecule has 0 bridgehead atoms. The lowest BCUT2D eigenvalue weighted by atomic mass is 9.88. The van der Waals surface area contributed by atoms with Crippen LogP contribution in [0, 0.1) is 5.82 Å². The molecule has 0 amide bonds. The highest BCUT2D eigenvalue weighted by molar-refractivity contribution is 9.10. The average molecular weight is 344 g/mol. The number of nitrogens with one attached hydrogen (secondary N) is 1. The van der Waals surface area contributed by atoms with Gasteiger partial charge in [-0.2, -0.15) is 0 Å². The van der Waals surface area contributed by atoms with E-state index in [-0.39, 0.29) is 17.4 Å². The SMILES string of the molecule is CC(C)(C(Cc1cc(Br)ccc1F)NN)N1CCCC1. The van der Waals surface area contributed by atoms with E-state index in [9.17, 15) is 4.39 Å². The molecule has 1 aromatic carbocycles. The van der Waals surface area contributed by atoms with Crippen molar-refractivity contribution in [2.75, 3.05) is 13.1 Å². The van der Waals surface area contributed by atoms with Crippen LogP contribution in [-0.4, -0.2) is 29.6 Å². The van der Waals surface area contributed by atoms with Gasteiger partial charge in [0.2, 0.25) is 0 Å². The maximum Gasteiger partial charge on any atom is 0.126 e. The number of nitrogens with zero attached hydrogens (tertiary/aromatic N) is 1. The molecule has 5 heteroatoms. The number of hydrogen-bond donors (Lipinski definition) is 2. The zero-order valence-corrected chi connectivity index (χ0v) is 13.7. The lowest BCUT2D eigenvalue weighted by molar-refractivity contribution is 0.106. The van der Waals surface area contributed by atoms with Crippen molar-refractivity contribution in [3.8, 4) is 0 Å². The van der Waals surface area contributed by atoms with Crippen molar-refractivity contribution < 1.29 is 4.39 Å². The Morgan fingerprint density at radius 3 is 2.65 bits per heavy atom. The molecule has 1 atom stereocenters. The first-order valence-corrected chi connectivity index (χ1v) is 7.89. The number of rotatable bonds is 5. The molecule has 0 aromatic heterocycles. The molecule has 1 aromatic rings. The van der Waals surface area contributed by atoms with Crippen molar-refractivity contribution in [2.45, 2.75) is 44.7 Å². The van der Waals surface area contributed by atoms with E-state index in [1.165, 1.54) is 18.9 Å². The topological polar surface area (TPSA) is 41.3 Å². The van der Waals surface area contributed by atoms with Crippen LogP contribution in [0.3, 0.4) is 0 Å². The Bertz CT molecular complexity index is 458. The molecule has 0 radical (unpaired) electrons. The summed E-state index contributed by atoms with van der Waals surface area (Å²) in [5.41, 5.74) is 3.48. The number of hydrogen-bond acceptors (Lipinski definition) is 3. The van der Waals surface area contributed by atoms with Gasteiger partial charge in [-0.3, -0.25) is 16.2 Å². The number of benzene rings is 1. The molecule has 0 saturated carbocycles. The van der Waals surface area contributed by atoms with Crippen LogP contribution in [-0.2, 0) is 6.42 Å². The van der Waals surface area contributed by atoms with Crippen LogP contribution in [0.15, 0.2) is 22.7 Å². The van der Waals surface area contributed by atoms with Gasteiger partial charge in [0.1, 0.15) is 5.82 Å². The third-order valence-corrected chi connectivity index (χ3v) is 4.90. The molecule has 20 heavy (non-hydrogen) atoms. The summed E-state index contributed by atoms with van der Waals surface area (Å²) < 4.78 is 14.8. The molecule has 112 valence electrons. The molecule has 1 heterocycles. The predicted octanol–water partition coefficient (Wildman–Crippen LogP) is 2.84. The van der Waals surface area contributed by atoms with Crippen molar-refractivity contribution >= 4 is 15.9 Å². The largest absolute Gasteiger partial charge is 0.297 e. The second kappa shape index (κ2) is 6.52. The Kier molecular flexibility index (Phi) is 5.18. The van der Waals surface area contributed by atoms with Crippen LogP contribution in [0.4, 0.5) is 4.39 Å². The zero-order chi connectivity index (χ0) is 14.8. The third-order valence-electron chi connectivity index (χ3n) is 4.41. The molecule has 1 aliphatic heterocycles. The summed E-state index contributed by atoms with van der Waals surface area (Å²) in [6, 6.07) is 5.05. The fourth-order valence-electron chi connectivity index (χ4n) is 2.95. The molecule has 1 fully saturated rings. The van der Waals surface area contributed by atoms with Crippen molar-refractivity contribution in [2.24, 2.45) is 5.84 Å². The van der Waals surface area contributed by atoms with Crippen LogP contribution in [0.25, 0.3) is 0 Å². The summed E-state index contributed by atoms with van der Waals surface area (Å²) in [6.45, 7) is 6.54. The molecule has 1 unspecified atom stereocenters. The Morgan fingerprint density at radius 1 is 1.40 bits per heavy atom. The van der Waals surface area contributed by atoms with Gasteiger partial charge in [-0.25, -0.2) is 4.39 Å². The van der Waals surface area contributed by atoms with Gasteiger partial charge < -0.3 is 0 Å². The molecule has 1 aliphatic rings. The summed E-state index contributed by atoms with van der Waals surface area (Å²) >= 11 is 3.40. The van der Waals surface area contributed by atoms with Gasteiger partial charge in [0.25, 0.3) is 0 Å². The smallest absolute Gasteiger partial charge is 0.126 e. The average Bonchev–Trinajstić information content (AvgIpc) is 2.94. The zero-order valence-electron chi connectivity index (χ0n) is 12.1. The number of nitrogens with two attached hydrogens (primary N) is 1. The second-order valence-corrected chi connectivity index (χ2v) is 6.92. The summed E-state index contributed by atoms with van der Waals surface area (Å²) in [4.78, 5) is 2.44. The van der Waals surface area contributed by atoms with E-state index in [1.807, 2.05) is 6.07 Å². The van der Waals surface area contributed by atoms with Crippen LogP contribution in [0.5, 0.6) is 0 Å². The van der Waals surface area contributed by atoms with E-state index in [4.69, 9.17) is 5.84 Å². The predicted molar refractivity (Wildman–Crippen MR) is 83.8 cm³/mol. The first kappa shape index (κ1) is 15.9. The van der Waals surface area contributed by atoms with Crippen LogP contribution < -0.4 is 11.3 Å². The quantitative estimate of drug-likeness (QED) is 0.638. The maximum absolute atomic E-state index is 13.9. The number of halogens is 2. The molecule has 0 aliphatic carbocycles. The Hall–Kier alpha value is -0.490. The van der Waals surface area contributed by atoms with E-state index in [0.717, 1.165) is 17.6 Å². The standard InChI is InChI=1S/C15H23BrFN3/c1-15(2,20-7-3-4-8-20)14(19-18)10-11-9-12(16)5-6-13(11)17/h5-6,9,14,19H,3-4,7-8,10,18H2,1-2H3. The summed E-state index contributed by atoms with van der Waals surface area (Å²) in [6.07, 6.45) is 3.03. The van der Waals surface area contributed by atoms with Gasteiger partial charge in [-0.05, 0) is 70.0 Å². The minimum atomic E-state index is -0.175. The highest BCUT2D eigenvalue weighted by Crippen LogP contribution is 2.27. The molecule has 0 spiro atoms. The van der Waals surface area contributed by atoms with Crippen LogP contribution in [0.1, 0.15) is 32.3 Å². The van der Waals surface area contributed by atoms with Gasteiger partial charge >= 0.3 is 0 Å². The number of likely N-dealkylation sites (tertiary alicyclic amines) is 1. The molecule has 3 nitrogen and oxygen atoms in total. The van der Waals surface area contributed by atoms with E-state index in [1.54, 1.807) is 6.07 Å². The lowest BCUT2D eigenvalue weighted by Crippen LogP contribution is -2.59. The molecular formula is C15H23BrFN3. The first-order chi connectivity index (χ1) is 9.45. The fourth-order valence-corrected chi connectivity index (χ4v) is 3.35. The summed E-state index contributed by atoms with van der Waals surface area (Å²) in [5, 5.41) is 0. The third kappa shape index (κ3) is 3.39. The van der Waals surface area contributed by atoms with Gasteiger partial charge in [-0.15, -0.1) is 0 Å². The van der Waals surface area contributed by atoms with Crippen molar-refractivity contribution in [1.82, 2.24) is 10.3 Å². The minimum Gasteiger partial charge on any atom is -0.297 e. The lowest BCUT2D eigenvalue weighted by Gasteiger charge is -2.42. The highest BCUT2D eigenvalue weighted by atomic mass is 79.9. The Morgan fingerprint density at radius 2 is 2.05 bits per heavy atom. The molecular weight excluding hydrogens is 321 g/mol. The van der Waals surface area contributed by atoms with E-state index in [0.29, 0.717) is 12.0 Å². The summed E-state index contributed by atoms with van der Waals surface area (Å²) in [5.74, 6) is 5.58. The van der Waals surface area contributed by atoms with Crippen molar-refractivity contribution in [3.63, 3.8) is 0 Å². The van der Waals surface area contributed by atoms with Gasteiger partial charge in [-0.1, -0.05) is 15.9 Å². The Balaban J connectivity index is 2.17. The molecule has 2 rings (SSSR count). The fraction of sp³-hybridized carbons (Fsp3) is 0.600. The van der Waals surface area contributed by atoms with Crippen LogP contribution in [0.2, 0.25) is 0 Å². The van der Waals surface area contributed by atoms with Gasteiger partial charge in [0.05, 0.1) is 0 Å². The summed E-state index contributed by atoms with van der Waals surface area (Å²) in [7, 11) is 0. The van der Waals surface area contributed by atoms with E-state index in [2.05, 4.69) is 40.1 Å². The Labute approximate surface area is 128 Å². The molecule has 1 saturated heterocycles. The highest BCUT2D eigenvalue weighted by Gasteiger charge is 2.36. The van der Waals surface area contributed by atoms with Gasteiger partial charge in [0.15, 0.2) is 0 Å². The van der Waals surface area contributed by atoms with Crippen molar-refractivity contribution in [3.05, 3.63) is 34.1 Å². The first-order valence-electron chi connectivity index (χ1n) is 7.10. The van der Waals surface area contributed by atoms with Crippen molar-refractivity contribution in [1.29, 1.82) is 0 Å². The number of hydrazine groups is 1. The molecule has 3 N–H and O–H groups in total. The minimum absolute atomic E-state index is 0.00407. The maximum atomic E-state index is 13.9. The monoisotopic (exact) mass is 343 g/mol. The van der Waals surface area contributed by atoms with Crippen LogP contribution >= 0.6 is 15.9 Å². The normalized spacial score (nSPS) is 18.4. The van der Waals surface area contributed by atoms with Gasteiger partial charge in [0, 0.05) is 16.1 Å². The van der Waals surface area contributed by atoms with E-state index < -0.39 is 0 Å². The van der Waals surface area contributed by atoms with E-state index >= 15 is 0 Å². The second-order valence-electron chi connectivity index (χ2n) is 6.01.